The lowest BCUT2D eigenvalue weighted by atomic mass is 9.86. The van der Waals surface area contributed by atoms with Crippen LogP contribution in [-0.2, 0) is 16.1 Å². The molecule has 1 amide bonds. The van der Waals surface area contributed by atoms with Gasteiger partial charge in [0.2, 0.25) is 5.91 Å². The van der Waals surface area contributed by atoms with Crippen molar-refractivity contribution in [2.45, 2.75) is 31.8 Å². The van der Waals surface area contributed by atoms with Gasteiger partial charge in [-0.2, -0.15) is 0 Å². The number of rotatable bonds is 5. The van der Waals surface area contributed by atoms with Gasteiger partial charge in [0.25, 0.3) is 0 Å². The SMILES string of the molecule is O=C(O)C[C@H]1CC[C@@H](c2ccc(Cl)cc2)N(Cc2ccccn2)C1=O. The van der Waals surface area contributed by atoms with Gasteiger partial charge in [0.05, 0.1) is 24.7 Å². The van der Waals surface area contributed by atoms with Crippen molar-refractivity contribution < 1.29 is 14.7 Å². The first-order valence-corrected chi connectivity index (χ1v) is 8.60. The third-order valence-corrected chi connectivity index (χ3v) is 4.78. The van der Waals surface area contributed by atoms with Crippen LogP contribution >= 0.6 is 11.6 Å². The maximum atomic E-state index is 12.9. The van der Waals surface area contributed by atoms with Gasteiger partial charge >= 0.3 is 5.97 Å². The molecule has 0 radical (unpaired) electrons. The first kappa shape index (κ1) is 17.4. The topological polar surface area (TPSA) is 70.5 Å². The summed E-state index contributed by atoms with van der Waals surface area (Å²) in [4.78, 5) is 30.1. The summed E-state index contributed by atoms with van der Waals surface area (Å²) in [6.45, 7) is 0.364. The fourth-order valence-electron chi connectivity index (χ4n) is 3.31. The zero-order chi connectivity index (χ0) is 17.8. The average Bonchev–Trinajstić information content (AvgIpc) is 2.60. The summed E-state index contributed by atoms with van der Waals surface area (Å²) in [5.41, 5.74) is 1.79. The van der Waals surface area contributed by atoms with E-state index in [2.05, 4.69) is 4.98 Å². The monoisotopic (exact) mass is 358 g/mol. The highest BCUT2D eigenvalue weighted by Crippen LogP contribution is 2.36. The summed E-state index contributed by atoms with van der Waals surface area (Å²) >= 11 is 5.97. The Kier molecular flexibility index (Phi) is 5.34. The quantitative estimate of drug-likeness (QED) is 0.884. The van der Waals surface area contributed by atoms with Gasteiger partial charge < -0.3 is 10.0 Å². The van der Waals surface area contributed by atoms with Crippen LogP contribution in [0.1, 0.15) is 36.6 Å². The molecule has 0 aliphatic carbocycles. The third-order valence-electron chi connectivity index (χ3n) is 4.53. The molecular formula is C19H19ClN2O3. The molecule has 0 unspecified atom stereocenters. The molecule has 1 aliphatic rings. The Balaban J connectivity index is 1.88. The van der Waals surface area contributed by atoms with E-state index < -0.39 is 11.9 Å². The second kappa shape index (κ2) is 7.66. The van der Waals surface area contributed by atoms with Crippen LogP contribution in [0.15, 0.2) is 48.7 Å². The third kappa shape index (κ3) is 4.17. The lowest BCUT2D eigenvalue weighted by Crippen LogP contribution is -2.43. The van der Waals surface area contributed by atoms with Crippen molar-refractivity contribution in [2.24, 2.45) is 5.92 Å². The Morgan fingerprint density at radius 3 is 2.60 bits per heavy atom. The largest absolute Gasteiger partial charge is 0.481 e. The number of carboxylic acids is 1. The van der Waals surface area contributed by atoms with Crippen molar-refractivity contribution in [3.8, 4) is 0 Å². The zero-order valence-corrected chi connectivity index (χ0v) is 14.4. The Morgan fingerprint density at radius 2 is 1.96 bits per heavy atom. The zero-order valence-electron chi connectivity index (χ0n) is 13.6. The van der Waals surface area contributed by atoms with Crippen molar-refractivity contribution in [3.05, 3.63) is 64.9 Å². The summed E-state index contributed by atoms with van der Waals surface area (Å²) in [5.74, 6) is -1.55. The summed E-state index contributed by atoms with van der Waals surface area (Å²) in [7, 11) is 0. The minimum Gasteiger partial charge on any atom is -0.481 e. The second-order valence-electron chi connectivity index (χ2n) is 6.23. The Labute approximate surface area is 151 Å². The van der Waals surface area contributed by atoms with Gasteiger partial charge in [-0.3, -0.25) is 14.6 Å². The van der Waals surface area contributed by atoms with Crippen LogP contribution in [0.4, 0.5) is 0 Å². The smallest absolute Gasteiger partial charge is 0.304 e. The molecule has 1 aromatic carbocycles. The van der Waals surface area contributed by atoms with Crippen LogP contribution in [0, 0.1) is 5.92 Å². The van der Waals surface area contributed by atoms with Gasteiger partial charge in [-0.25, -0.2) is 0 Å². The van der Waals surface area contributed by atoms with Gasteiger partial charge in [0.1, 0.15) is 0 Å². The summed E-state index contributed by atoms with van der Waals surface area (Å²) in [6.07, 6.45) is 2.84. The summed E-state index contributed by atoms with van der Waals surface area (Å²) in [6, 6.07) is 12.9. The van der Waals surface area contributed by atoms with E-state index in [1.165, 1.54) is 0 Å². The van der Waals surface area contributed by atoms with E-state index in [0.717, 1.165) is 17.7 Å². The number of carbonyl (C=O) groups is 2. The summed E-state index contributed by atoms with van der Waals surface area (Å²) in [5, 5.41) is 9.72. The first-order valence-electron chi connectivity index (χ1n) is 8.22. The second-order valence-corrected chi connectivity index (χ2v) is 6.66. The minimum atomic E-state index is -0.943. The molecule has 1 fully saturated rings. The Morgan fingerprint density at radius 1 is 1.20 bits per heavy atom. The molecule has 0 saturated carbocycles. The first-order chi connectivity index (χ1) is 12.0. The van der Waals surface area contributed by atoms with E-state index in [0.29, 0.717) is 18.0 Å². The normalized spacial score (nSPS) is 20.5. The number of carbonyl (C=O) groups excluding carboxylic acids is 1. The van der Waals surface area contributed by atoms with Crippen LogP contribution in [0.3, 0.4) is 0 Å². The van der Waals surface area contributed by atoms with Crippen LogP contribution in [0.5, 0.6) is 0 Å². The highest BCUT2D eigenvalue weighted by Gasteiger charge is 2.37. The Bertz CT molecular complexity index is 749. The number of hydrogen-bond donors (Lipinski definition) is 1. The highest BCUT2D eigenvalue weighted by molar-refractivity contribution is 6.30. The highest BCUT2D eigenvalue weighted by atomic mass is 35.5. The van der Waals surface area contributed by atoms with Crippen LogP contribution in [0.25, 0.3) is 0 Å². The van der Waals surface area contributed by atoms with E-state index in [-0.39, 0.29) is 18.4 Å². The predicted octanol–water partition coefficient (Wildman–Crippen LogP) is 3.69. The lowest BCUT2D eigenvalue weighted by Gasteiger charge is -2.39. The maximum absolute atomic E-state index is 12.9. The summed E-state index contributed by atoms with van der Waals surface area (Å²) < 4.78 is 0. The molecule has 1 N–H and O–H groups in total. The molecule has 0 spiro atoms. The van der Waals surface area contributed by atoms with E-state index in [1.807, 2.05) is 42.5 Å². The van der Waals surface area contributed by atoms with E-state index in [1.54, 1.807) is 11.1 Å². The fraction of sp³-hybridized carbons (Fsp3) is 0.316. The van der Waals surface area contributed by atoms with Crippen molar-refractivity contribution in [1.82, 2.24) is 9.88 Å². The number of hydrogen-bond acceptors (Lipinski definition) is 3. The van der Waals surface area contributed by atoms with Crippen LogP contribution in [-0.4, -0.2) is 26.9 Å². The number of likely N-dealkylation sites (tertiary alicyclic amines) is 1. The molecule has 2 atom stereocenters. The molecule has 25 heavy (non-hydrogen) atoms. The molecule has 130 valence electrons. The number of benzene rings is 1. The van der Waals surface area contributed by atoms with Gasteiger partial charge in [-0.05, 0) is 42.7 Å². The van der Waals surface area contributed by atoms with Gasteiger partial charge in [-0.15, -0.1) is 0 Å². The number of aliphatic carboxylic acids is 1. The lowest BCUT2D eigenvalue weighted by molar-refractivity contribution is -0.149. The maximum Gasteiger partial charge on any atom is 0.304 e. The number of amides is 1. The Hall–Kier alpha value is -2.40. The fourth-order valence-corrected chi connectivity index (χ4v) is 3.44. The van der Waals surface area contributed by atoms with Crippen molar-refractivity contribution in [3.63, 3.8) is 0 Å². The molecule has 1 saturated heterocycles. The van der Waals surface area contributed by atoms with Crippen LogP contribution in [0.2, 0.25) is 5.02 Å². The molecule has 3 rings (SSSR count). The molecule has 1 aliphatic heterocycles. The van der Waals surface area contributed by atoms with Crippen molar-refractivity contribution in [2.75, 3.05) is 0 Å². The van der Waals surface area contributed by atoms with Gasteiger partial charge in [0, 0.05) is 17.1 Å². The average molecular weight is 359 g/mol. The minimum absolute atomic E-state index is 0.100. The molecule has 5 nitrogen and oxygen atoms in total. The molecule has 6 heteroatoms. The number of carboxylic acid groups (broad SMARTS) is 1. The van der Waals surface area contributed by atoms with Gasteiger partial charge in [0.15, 0.2) is 0 Å². The predicted molar refractivity (Wildman–Crippen MR) is 94.0 cm³/mol. The van der Waals surface area contributed by atoms with Crippen LogP contribution < -0.4 is 0 Å². The van der Waals surface area contributed by atoms with Crippen molar-refractivity contribution >= 4 is 23.5 Å². The number of halogens is 1. The number of aromatic nitrogens is 1. The molecule has 1 aromatic heterocycles. The number of nitrogens with zero attached hydrogens (tertiary/aromatic N) is 2. The molecular weight excluding hydrogens is 340 g/mol. The van der Waals surface area contributed by atoms with Crippen molar-refractivity contribution in [1.29, 1.82) is 0 Å². The number of piperidine rings is 1. The molecule has 2 heterocycles. The standard InChI is InChI=1S/C19H19ClN2O3/c20-15-7-4-13(5-8-15)17-9-6-14(11-18(23)24)19(25)22(17)12-16-3-1-2-10-21-16/h1-5,7-8,10,14,17H,6,9,11-12H2,(H,23,24)/t14-,17+/m1/s1. The van der Waals surface area contributed by atoms with Gasteiger partial charge in [-0.1, -0.05) is 29.8 Å². The molecule has 0 bridgehead atoms. The van der Waals surface area contributed by atoms with E-state index >= 15 is 0 Å². The van der Waals surface area contributed by atoms with E-state index in [4.69, 9.17) is 16.7 Å². The number of pyridine rings is 1. The van der Waals surface area contributed by atoms with E-state index in [9.17, 15) is 9.59 Å². The molecule has 2 aromatic rings.